The smallest absolute Gasteiger partial charge is 0.375 e. The zero-order valence-electron chi connectivity index (χ0n) is 15.8. The monoisotopic (exact) mass is 398 g/mol. The second-order valence-electron chi connectivity index (χ2n) is 6.55. The van der Waals surface area contributed by atoms with Gasteiger partial charge in [0.1, 0.15) is 12.6 Å². The molecule has 10 heteroatoms. The Hall–Kier alpha value is -2.80. The lowest BCUT2D eigenvalue weighted by Crippen LogP contribution is -2.61. The number of nitrogens with zero attached hydrogens (tertiary/aromatic N) is 4. The molecule has 1 aliphatic heterocycles. The summed E-state index contributed by atoms with van der Waals surface area (Å²) >= 11 is 0. The molecule has 0 aromatic heterocycles. The van der Waals surface area contributed by atoms with Gasteiger partial charge in [-0.3, -0.25) is 9.59 Å². The molecule has 1 aromatic carbocycles. The molecule has 1 aliphatic rings. The summed E-state index contributed by atoms with van der Waals surface area (Å²) in [6.07, 6.45) is -4.67. The van der Waals surface area contributed by atoms with E-state index in [1.54, 1.807) is 25.1 Å². The number of ether oxygens (including phenoxy) is 1. The van der Waals surface area contributed by atoms with Crippen LogP contribution in [0.4, 0.5) is 18.9 Å². The molecule has 1 fully saturated rings. The summed E-state index contributed by atoms with van der Waals surface area (Å²) < 4.78 is 44.6. The molecule has 0 bridgehead atoms. The first-order valence-corrected chi connectivity index (χ1v) is 8.46. The van der Waals surface area contributed by atoms with E-state index in [0.29, 0.717) is 0 Å². The fourth-order valence-corrected chi connectivity index (χ4v) is 3.09. The van der Waals surface area contributed by atoms with E-state index in [-0.39, 0.29) is 43.7 Å². The Labute approximate surface area is 160 Å². The normalized spacial score (nSPS) is 17.2. The number of halogens is 3. The Balaban J connectivity index is 2.35. The maximum atomic E-state index is 13.2. The molecule has 0 aliphatic carbocycles. The Morgan fingerprint density at radius 2 is 2.00 bits per heavy atom. The number of amides is 2. The van der Waals surface area contributed by atoms with Gasteiger partial charge in [-0.2, -0.15) is 18.4 Å². The SMILES string of the molecule is COCC(=O)N1CCN(c2ccc(C#N)c(C(F)(F)F)c2)CC1C(=O)N(C)C. The molecule has 0 saturated carbocycles. The van der Waals surface area contributed by atoms with E-state index in [1.807, 2.05) is 0 Å². The molecule has 1 aromatic rings. The van der Waals surface area contributed by atoms with Gasteiger partial charge in [0.25, 0.3) is 0 Å². The van der Waals surface area contributed by atoms with Crippen molar-refractivity contribution in [2.75, 3.05) is 52.3 Å². The van der Waals surface area contributed by atoms with Gasteiger partial charge in [0.2, 0.25) is 11.8 Å². The van der Waals surface area contributed by atoms with Gasteiger partial charge in [-0.1, -0.05) is 0 Å². The van der Waals surface area contributed by atoms with Crippen molar-refractivity contribution >= 4 is 17.5 Å². The summed E-state index contributed by atoms with van der Waals surface area (Å²) in [6.45, 7) is 0.256. The molecule has 1 heterocycles. The van der Waals surface area contributed by atoms with E-state index in [2.05, 4.69) is 0 Å². The number of likely N-dealkylation sites (N-methyl/N-ethyl adjacent to an activating group) is 1. The molecule has 152 valence electrons. The lowest BCUT2D eigenvalue weighted by molar-refractivity contribution is -0.147. The van der Waals surface area contributed by atoms with Crippen LogP contribution in [0.15, 0.2) is 18.2 Å². The number of alkyl halides is 3. The first-order valence-electron chi connectivity index (χ1n) is 8.46. The number of carbonyl (C=O) groups excluding carboxylic acids is 2. The fraction of sp³-hybridized carbons (Fsp3) is 0.500. The van der Waals surface area contributed by atoms with Crippen molar-refractivity contribution in [1.82, 2.24) is 9.80 Å². The van der Waals surface area contributed by atoms with Crippen LogP contribution in [-0.4, -0.2) is 75.1 Å². The average Bonchev–Trinajstić information content (AvgIpc) is 2.65. The molecule has 7 nitrogen and oxygen atoms in total. The molecular weight excluding hydrogens is 377 g/mol. The van der Waals surface area contributed by atoms with Crippen LogP contribution in [0.5, 0.6) is 0 Å². The summed E-state index contributed by atoms with van der Waals surface area (Å²) in [4.78, 5) is 29.2. The molecule has 2 rings (SSSR count). The minimum Gasteiger partial charge on any atom is -0.375 e. The summed E-state index contributed by atoms with van der Waals surface area (Å²) in [7, 11) is 4.46. The third-order valence-electron chi connectivity index (χ3n) is 4.49. The lowest BCUT2D eigenvalue weighted by Gasteiger charge is -2.42. The van der Waals surface area contributed by atoms with Crippen molar-refractivity contribution in [3.05, 3.63) is 29.3 Å². The third kappa shape index (κ3) is 4.54. The predicted octanol–water partition coefficient (Wildman–Crippen LogP) is 1.33. The average molecular weight is 398 g/mol. The number of methoxy groups -OCH3 is 1. The molecule has 1 atom stereocenters. The molecule has 1 saturated heterocycles. The first-order chi connectivity index (χ1) is 13.1. The minimum atomic E-state index is -4.67. The number of anilines is 1. The fourth-order valence-electron chi connectivity index (χ4n) is 3.09. The maximum absolute atomic E-state index is 13.2. The molecule has 2 amide bonds. The minimum absolute atomic E-state index is 0.0374. The van der Waals surface area contributed by atoms with E-state index >= 15 is 0 Å². The molecule has 1 unspecified atom stereocenters. The van der Waals surface area contributed by atoms with Gasteiger partial charge in [0.05, 0.1) is 17.2 Å². The van der Waals surface area contributed by atoms with E-state index in [1.165, 1.54) is 23.0 Å². The van der Waals surface area contributed by atoms with E-state index < -0.39 is 23.3 Å². The van der Waals surface area contributed by atoms with Crippen molar-refractivity contribution in [3.63, 3.8) is 0 Å². The van der Waals surface area contributed by atoms with E-state index in [9.17, 15) is 22.8 Å². The summed E-state index contributed by atoms with van der Waals surface area (Å²) in [5.74, 6) is -0.697. The van der Waals surface area contributed by atoms with Crippen molar-refractivity contribution in [2.24, 2.45) is 0 Å². The predicted molar refractivity (Wildman–Crippen MR) is 94.4 cm³/mol. The summed E-state index contributed by atoms with van der Waals surface area (Å²) in [5, 5.41) is 8.94. The standard InChI is InChI=1S/C18H21F3N4O3/c1-23(2)17(27)15-10-24(6-7-25(15)16(26)11-28-3)13-5-4-12(9-22)14(8-13)18(19,20)21/h4-5,8,15H,6-7,10-11H2,1-3H3. The van der Waals surface area contributed by atoms with Crippen LogP contribution in [0.25, 0.3) is 0 Å². The number of hydrogen-bond acceptors (Lipinski definition) is 5. The van der Waals surface area contributed by atoms with E-state index in [4.69, 9.17) is 10.00 Å². The highest BCUT2D eigenvalue weighted by atomic mass is 19.4. The summed E-state index contributed by atoms with van der Waals surface area (Å²) in [5.41, 5.74) is -1.26. The van der Waals surface area contributed by atoms with Crippen molar-refractivity contribution < 1.29 is 27.5 Å². The topological polar surface area (TPSA) is 76.9 Å². The second kappa shape index (κ2) is 8.48. The van der Waals surface area contributed by atoms with Gasteiger partial charge in [0.15, 0.2) is 0 Å². The number of hydrogen-bond donors (Lipinski definition) is 0. The highest BCUT2D eigenvalue weighted by molar-refractivity contribution is 5.89. The Bertz CT molecular complexity index is 789. The van der Waals surface area contributed by atoms with E-state index in [0.717, 1.165) is 12.1 Å². The number of rotatable bonds is 4. The van der Waals surface area contributed by atoms with Gasteiger partial charge in [-0.05, 0) is 18.2 Å². The van der Waals surface area contributed by atoms with Crippen LogP contribution in [0, 0.1) is 11.3 Å². The van der Waals surface area contributed by atoms with Crippen molar-refractivity contribution in [3.8, 4) is 6.07 Å². The molecule has 0 N–H and O–H groups in total. The number of nitriles is 1. The Kier molecular flexibility index (Phi) is 6.51. The number of carbonyl (C=O) groups is 2. The second-order valence-corrected chi connectivity index (χ2v) is 6.55. The first kappa shape index (κ1) is 21.5. The lowest BCUT2D eigenvalue weighted by atomic mass is 10.0. The Morgan fingerprint density at radius 1 is 1.32 bits per heavy atom. The van der Waals surface area contributed by atoms with Crippen molar-refractivity contribution in [2.45, 2.75) is 12.2 Å². The maximum Gasteiger partial charge on any atom is 0.417 e. The third-order valence-corrected chi connectivity index (χ3v) is 4.49. The number of benzene rings is 1. The highest BCUT2D eigenvalue weighted by Crippen LogP contribution is 2.35. The van der Waals surface area contributed by atoms with Crippen LogP contribution in [0.1, 0.15) is 11.1 Å². The van der Waals surface area contributed by atoms with Gasteiger partial charge < -0.3 is 19.4 Å². The van der Waals surface area contributed by atoms with Crippen LogP contribution in [0.3, 0.4) is 0 Å². The molecule has 28 heavy (non-hydrogen) atoms. The van der Waals surface area contributed by atoms with Crippen LogP contribution in [0.2, 0.25) is 0 Å². The number of piperazine rings is 1. The van der Waals surface area contributed by atoms with Crippen LogP contribution in [-0.2, 0) is 20.5 Å². The zero-order valence-corrected chi connectivity index (χ0v) is 15.8. The molecule has 0 radical (unpaired) electrons. The summed E-state index contributed by atoms with van der Waals surface area (Å²) in [6, 6.07) is 4.13. The quantitative estimate of drug-likeness (QED) is 0.765. The molecular formula is C18H21F3N4O3. The van der Waals surface area contributed by atoms with Gasteiger partial charge >= 0.3 is 6.18 Å². The van der Waals surface area contributed by atoms with Gasteiger partial charge in [-0.25, -0.2) is 0 Å². The molecule has 0 spiro atoms. The van der Waals surface area contributed by atoms with Crippen LogP contribution >= 0.6 is 0 Å². The zero-order chi connectivity index (χ0) is 21.1. The highest BCUT2D eigenvalue weighted by Gasteiger charge is 2.38. The Morgan fingerprint density at radius 3 is 2.54 bits per heavy atom. The van der Waals surface area contributed by atoms with Gasteiger partial charge in [-0.15, -0.1) is 0 Å². The van der Waals surface area contributed by atoms with Crippen LogP contribution < -0.4 is 4.90 Å². The van der Waals surface area contributed by atoms with Crippen molar-refractivity contribution in [1.29, 1.82) is 5.26 Å². The van der Waals surface area contributed by atoms with Gasteiger partial charge in [0, 0.05) is 46.5 Å². The largest absolute Gasteiger partial charge is 0.417 e.